The van der Waals surface area contributed by atoms with Crippen molar-refractivity contribution in [1.82, 2.24) is 86.4 Å². The Labute approximate surface area is 809 Å². The van der Waals surface area contributed by atoms with Gasteiger partial charge in [-0.2, -0.15) is 40.4 Å². The fraction of sp³-hybridized carbons (Fsp3) is 0.321. The van der Waals surface area contributed by atoms with E-state index in [2.05, 4.69) is 178 Å². The molecule has 0 radical (unpaired) electrons. The average Bonchev–Trinajstić information content (AvgIpc) is 1.72. The van der Waals surface area contributed by atoms with Crippen molar-refractivity contribution in [2.75, 3.05) is 47.4 Å². The van der Waals surface area contributed by atoms with Gasteiger partial charge in [0.15, 0.2) is 11.6 Å². The number of hydrogen-bond donors (Lipinski definition) is 10. The number of phenolic OH excluding ortho intramolecular Hbond substituents is 1. The van der Waals surface area contributed by atoms with Crippen LogP contribution in [0.1, 0.15) is 172 Å². The number of benzene rings is 3. The number of nitriles is 2. The van der Waals surface area contributed by atoms with Crippen LogP contribution in [0.5, 0.6) is 5.75 Å². The summed E-state index contributed by atoms with van der Waals surface area (Å²) in [5.74, 6) is -2.81. The van der Waals surface area contributed by atoms with Gasteiger partial charge < -0.3 is 40.5 Å². The molecule has 0 bridgehead atoms. The molecule has 10 N–H and O–H groups in total. The summed E-state index contributed by atoms with van der Waals surface area (Å²) >= 11 is 0. The van der Waals surface area contributed by atoms with Crippen LogP contribution in [0, 0.1) is 64.9 Å². The summed E-state index contributed by atoms with van der Waals surface area (Å²) in [6.45, 7) is 30.3. The SMILES string of the molecule is C=C/C(O)=C\C(=C\c1nc2ccc3[nH]ncc3c2c2c1CCCC2)OC.C=Cc1[nH]ncc1-c1cnc(C2=CC(C#N)C(F)C=C2)cc1CCCC.C=Cc1[nH]ncc1C1=CNC(C2=CC(C#N)C(F)C=C2)C=C1CCCC.C=Cc1[nH]ncc1C1=CNC(C2=CC3C(N4CCN(C)CC4)=CCC3C=C2)C=C1CCCC.CCCc1c(-c2ccc(O)c(F)c2F)nc2ccc3[nH]ncc3c2c1C.CO. The number of methoxy groups -OCH3 is 1. The second-order valence-electron chi connectivity index (χ2n) is 35.4. The number of H-pyrrole nitrogens is 5. The van der Waals surface area contributed by atoms with Gasteiger partial charge in [-0.15, -0.1) is 0 Å². The van der Waals surface area contributed by atoms with Crippen molar-refractivity contribution in [3.8, 4) is 40.3 Å². The number of phenols is 1. The Morgan fingerprint density at radius 1 is 0.597 bits per heavy atom. The quantitative estimate of drug-likeness (QED) is 0.0137. The van der Waals surface area contributed by atoms with Gasteiger partial charge in [0.05, 0.1) is 124 Å². The molecule has 8 aromatic heterocycles. The Hall–Kier alpha value is -14.8. The average molecular weight is 1880 g/mol. The Bertz CT molecular complexity index is 6870. The summed E-state index contributed by atoms with van der Waals surface area (Å²) < 4.78 is 61.3. The molecule has 8 aliphatic rings. The lowest BCUT2D eigenvalue weighted by Crippen LogP contribution is -2.44. The molecule has 3 aromatic carbocycles. The van der Waals surface area contributed by atoms with Crippen LogP contribution in [0.15, 0.2) is 243 Å². The van der Waals surface area contributed by atoms with Gasteiger partial charge in [0, 0.05) is 136 Å². The van der Waals surface area contributed by atoms with Crippen LogP contribution < -0.4 is 10.6 Å². The van der Waals surface area contributed by atoms with Crippen LogP contribution >= 0.6 is 0 Å². The number of unbranched alkanes of at least 4 members (excludes halogenated alkanes) is 3. The number of halogens is 4. The monoisotopic (exact) mass is 1870 g/mol. The largest absolute Gasteiger partial charge is 0.508 e. The molecule has 1 saturated heterocycles. The highest BCUT2D eigenvalue weighted by Gasteiger charge is 2.36. The predicted octanol–water partition coefficient (Wildman–Crippen LogP) is 23.3. The van der Waals surface area contributed by atoms with Crippen molar-refractivity contribution in [2.45, 2.75) is 162 Å². The highest BCUT2D eigenvalue weighted by atomic mass is 19.2. The number of ether oxygens (including phenoxy) is 1. The summed E-state index contributed by atoms with van der Waals surface area (Å²) in [4.78, 5) is 19.2. The Balaban J connectivity index is 0.000000138. The first-order chi connectivity index (χ1) is 67.7. The van der Waals surface area contributed by atoms with Crippen molar-refractivity contribution in [2.24, 2.45) is 23.7 Å². The summed E-state index contributed by atoms with van der Waals surface area (Å²) in [5.41, 5.74) is 27.8. The maximum absolute atomic E-state index is 14.5. The van der Waals surface area contributed by atoms with E-state index in [4.69, 9.17) is 25.4 Å². The van der Waals surface area contributed by atoms with Crippen LogP contribution in [0.3, 0.4) is 0 Å². The highest BCUT2D eigenvalue weighted by molar-refractivity contribution is 6.08. The third kappa shape index (κ3) is 22.6. The zero-order valence-electron chi connectivity index (χ0n) is 80.3. The number of aliphatic hydroxyl groups is 2. The minimum absolute atomic E-state index is 0.0565. The van der Waals surface area contributed by atoms with Crippen LogP contribution in [0.25, 0.3) is 107 Å². The minimum atomic E-state index is -1.26. The van der Waals surface area contributed by atoms with Crippen molar-refractivity contribution < 1.29 is 37.6 Å². The first-order valence-electron chi connectivity index (χ1n) is 47.9. The summed E-state index contributed by atoms with van der Waals surface area (Å²) in [6, 6.07) is 16.5. The standard InChI is InChI=1S/C28H37N5.C21H23FN4.C21H21FN4.C21H21N3O2.C20H17F2N3O.CH4O/c1-4-6-7-21-17-27(29-18-24(21)25-19-30-31-26(25)5-2)22-9-8-20-10-11-28(23(20)16-22)33-14-12-32(3)13-15-33;2*1-3-5-6-14-10-21(15-7-8-19(22)16(9-15)11-23)24-12-17(14)18-13-25-26-20(18)4-2;1-3-13(25)10-14(26-2)11-20-15-6-4-5-7-16(15)21-17-12-22-24-18(17)8-9-19(21)23-20;1-3-4-11-10(2)17-13-9-23-25-14(13)6-7-15(17)24-20(11)12-5-8-16(26)19(22)18(12)21;1-2/h5,8-9,11,16-20,23,27,29H,2,4,6-7,10,12-15H2,1,3H3,(H,30,31);4,7-10,12-13,16,19,21,24H,2-3,5-6H2,1H3,(H,25,26);4,7-10,12-13,16,19H,2-3,5-6H2,1H3,(H,25,26);3,8-12,25H,1,4-7H2,2H3,(H,22,24);5-9,26H,3-4H2,1-2H3,(H,23,25);2H,1H3/b;;;13-10+,14-11-;;. The number of hydrogen-bond acceptors (Lipinski definition) is 18. The molecule has 11 aromatic rings. The topological polar surface area (TPSA) is 330 Å². The van der Waals surface area contributed by atoms with Crippen molar-refractivity contribution in [3.63, 3.8) is 0 Å². The number of alkyl halides is 2. The maximum Gasteiger partial charge on any atom is 0.201 e. The van der Waals surface area contributed by atoms with E-state index in [0.29, 0.717) is 35.2 Å². The number of fused-ring (bicyclic) bond motifs is 9. The number of aryl methyl sites for hydroxylation is 3. The molecule has 139 heavy (non-hydrogen) atoms. The first-order valence-corrected chi connectivity index (χ1v) is 47.9. The lowest BCUT2D eigenvalue weighted by atomic mass is 9.82. The molecule has 19 rings (SSSR count). The van der Waals surface area contributed by atoms with Crippen LogP contribution in [0.4, 0.5) is 17.6 Å². The number of nitrogens with one attached hydrogen (secondary N) is 7. The molecular formula is C112H123F4N19O4. The smallest absolute Gasteiger partial charge is 0.201 e. The molecule has 8 atom stereocenters. The number of likely N-dealkylation sites (N-methyl/N-ethyl adjacent to an activating group) is 1. The van der Waals surface area contributed by atoms with E-state index in [1.165, 1.54) is 82.4 Å². The normalized spacial score (nSPS) is 19.7. The molecule has 718 valence electrons. The van der Waals surface area contributed by atoms with Gasteiger partial charge in [-0.1, -0.05) is 140 Å². The second kappa shape index (κ2) is 47.3. The van der Waals surface area contributed by atoms with E-state index in [1.54, 1.807) is 67.7 Å². The van der Waals surface area contributed by atoms with E-state index in [9.17, 15) is 27.8 Å². The van der Waals surface area contributed by atoms with Crippen molar-refractivity contribution >= 4 is 84.6 Å². The molecule has 11 heterocycles. The number of aromatic nitrogens is 13. The summed E-state index contributed by atoms with van der Waals surface area (Å²) in [5, 5.41) is 91.5. The molecule has 0 spiro atoms. The number of allylic oxidation sites excluding steroid dienone is 15. The lowest BCUT2D eigenvalue weighted by Gasteiger charge is -2.38. The van der Waals surface area contributed by atoms with E-state index in [-0.39, 0.29) is 23.4 Å². The lowest BCUT2D eigenvalue weighted by molar-refractivity contribution is 0.176. The molecular weight excluding hydrogens is 1750 g/mol. The van der Waals surface area contributed by atoms with Gasteiger partial charge in [-0.3, -0.25) is 30.5 Å². The summed E-state index contributed by atoms with van der Waals surface area (Å²) in [7, 11) is 4.81. The zero-order valence-corrected chi connectivity index (χ0v) is 80.3. The van der Waals surface area contributed by atoms with Gasteiger partial charge in [-0.25, -0.2) is 23.1 Å². The minimum Gasteiger partial charge on any atom is -0.508 e. The number of aromatic hydroxyl groups is 1. The Morgan fingerprint density at radius 3 is 1.74 bits per heavy atom. The first kappa shape index (κ1) is 100. The Kier molecular flexibility index (Phi) is 34.1. The number of nitrogens with zero attached hydrogens (tertiary/aromatic N) is 12. The van der Waals surface area contributed by atoms with E-state index in [1.807, 2.05) is 99.5 Å². The highest BCUT2D eigenvalue weighted by Crippen LogP contribution is 2.45. The van der Waals surface area contributed by atoms with E-state index < -0.39 is 41.6 Å². The molecule has 23 nitrogen and oxygen atoms in total. The molecule has 0 saturated carbocycles. The van der Waals surface area contributed by atoms with E-state index in [0.717, 1.165) is 233 Å². The van der Waals surface area contributed by atoms with Crippen molar-refractivity contribution in [3.05, 3.63) is 322 Å². The zero-order chi connectivity index (χ0) is 98.3. The number of rotatable bonds is 26. The van der Waals surface area contributed by atoms with Gasteiger partial charge >= 0.3 is 0 Å². The van der Waals surface area contributed by atoms with Crippen LogP contribution in [0.2, 0.25) is 0 Å². The van der Waals surface area contributed by atoms with Gasteiger partial charge in [0.2, 0.25) is 5.82 Å². The predicted molar refractivity (Wildman–Crippen MR) is 550 cm³/mol. The third-order valence-electron chi connectivity index (χ3n) is 26.7. The van der Waals surface area contributed by atoms with E-state index >= 15 is 0 Å². The molecule has 8 unspecified atom stereocenters. The number of aromatic amines is 5. The van der Waals surface area contributed by atoms with Crippen LogP contribution in [-0.4, -0.2) is 163 Å². The number of dihydropyridines is 2. The number of aliphatic hydroxyl groups excluding tert-OH is 2. The number of pyridine rings is 3. The molecule has 27 heteroatoms. The number of piperazine rings is 1. The third-order valence-corrected chi connectivity index (χ3v) is 26.7. The molecule has 5 aliphatic carbocycles. The fourth-order valence-electron chi connectivity index (χ4n) is 19.1. The van der Waals surface area contributed by atoms with Crippen molar-refractivity contribution in [1.29, 1.82) is 10.5 Å². The summed E-state index contributed by atoms with van der Waals surface area (Å²) in [6.07, 6.45) is 63.7. The maximum atomic E-state index is 14.5. The van der Waals surface area contributed by atoms with Crippen LogP contribution in [-0.2, 0) is 30.4 Å². The van der Waals surface area contributed by atoms with Gasteiger partial charge in [0.1, 0.15) is 29.8 Å². The molecule has 0 amide bonds. The Morgan fingerprint density at radius 2 is 1.15 bits per heavy atom. The van der Waals surface area contributed by atoms with Gasteiger partial charge in [0.25, 0.3) is 0 Å². The fourth-order valence-corrected chi connectivity index (χ4v) is 19.1. The molecule has 1 fully saturated rings. The second-order valence-corrected chi connectivity index (χ2v) is 35.4. The van der Waals surface area contributed by atoms with Gasteiger partial charge in [-0.05, 0) is 232 Å². The molecule has 3 aliphatic heterocycles.